The molecule has 5 nitrogen and oxygen atoms in total. The third-order valence-electron chi connectivity index (χ3n) is 4.02. The highest BCUT2D eigenvalue weighted by atomic mass is 16.2. The Morgan fingerprint density at radius 3 is 2.55 bits per heavy atom. The standard InChI is InChI=1S/C15H24N4O/c1-3-14(10-16)18-6-8-19(9-7-18)15(20)13-5-4-12(2)17-11-13/h4-5,11,14H,3,6-10,16H2,1-2H3. The molecule has 1 amide bonds. The van der Waals surface area contributed by atoms with Gasteiger partial charge in [-0.3, -0.25) is 14.7 Å². The van der Waals surface area contributed by atoms with Gasteiger partial charge in [-0.05, 0) is 25.5 Å². The fourth-order valence-electron chi connectivity index (χ4n) is 2.64. The van der Waals surface area contributed by atoms with Crippen molar-refractivity contribution in [2.45, 2.75) is 26.3 Å². The molecule has 2 heterocycles. The lowest BCUT2D eigenvalue weighted by molar-refractivity contribution is 0.0571. The first kappa shape index (κ1) is 14.9. The van der Waals surface area contributed by atoms with Crippen LogP contribution in [-0.2, 0) is 0 Å². The van der Waals surface area contributed by atoms with Crippen molar-refractivity contribution in [2.75, 3.05) is 32.7 Å². The molecule has 1 aromatic rings. The summed E-state index contributed by atoms with van der Waals surface area (Å²) >= 11 is 0. The fraction of sp³-hybridized carbons (Fsp3) is 0.600. The summed E-state index contributed by atoms with van der Waals surface area (Å²) in [6.07, 6.45) is 2.73. The maximum Gasteiger partial charge on any atom is 0.255 e. The molecule has 0 radical (unpaired) electrons. The Balaban J connectivity index is 1.93. The van der Waals surface area contributed by atoms with E-state index < -0.39 is 0 Å². The minimum atomic E-state index is 0.0814. The third kappa shape index (κ3) is 3.35. The lowest BCUT2D eigenvalue weighted by atomic mass is 10.1. The SMILES string of the molecule is CCC(CN)N1CCN(C(=O)c2ccc(C)nc2)CC1. The summed E-state index contributed by atoms with van der Waals surface area (Å²) in [5, 5.41) is 0. The van der Waals surface area contributed by atoms with Crippen molar-refractivity contribution in [3.05, 3.63) is 29.6 Å². The topological polar surface area (TPSA) is 62.5 Å². The average Bonchev–Trinajstić information content (AvgIpc) is 2.49. The number of pyridine rings is 1. The summed E-state index contributed by atoms with van der Waals surface area (Å²) in [4.78, 5) is 20.9. The highest BCUT2D eigenvalue weighted by Gasteiger charge is 2.25. The van der Waals surface area contributed by atoms with Gasteiger partial charge in [0.05, 0.1) is 5.56 Å². The van der Waals surface area contributed by atoms with E-state index in [1.54, 1.807) is 6.20 Å². The van der Waals surface area contributed by atoms with Crippen LogP contribution in [0.1, 0.15) is 29.4 Å². The van der Waals surface area contributed by atoms with E-state index in [-0.39, 0.29) is 5.91 Å². The van der Waals surface area contributed by atoms with Crippen molar-refractivity contribution >= 4 is 5.91 Å². The van der Waals surface area contributed by atoms with Crippen LogP contribution in [0.25, 0.3) is 0 Å². The van der Waals surface area contributed by atoms with E-state index in [4.69, 9.17) is 5.73 Å². The highest BCUT2D eigenvalue weighted by Crippen LogP contribution is 2.11. The number of hydrogen-bond acceptors (Lipinski definition) is 4. The van der Waals surface area contributed by atoms with Gasteiger partial charge in [-0.2, -0.15) is 0 Å². The van der Waals surface area contributed by atoms with Crippen LogP contribution in [0.2, 0.25) is 0 Å². The molecule has 1 aliphatic heterocycles. The number of aryl methyl sites for hydroxylation is 1. The molecule has 0 spiro atoms. The van der Waals surface area contributed by atoms with Crippen LogP contribution in [0.5, 0.6) is 0 Å². The number of rotatable bonds is 4. The van der Waals surface area contributed by atoms with Gasteiger partial charge in [-0.15, -0.1) is 0 Å². The summed E-state index contributed by atoms with van der Waals surface area (Å²) in [7, 11) is 0. The second-order valence-electron chi connectivity index (χ2n) is 5.31. The van der Waals surface area contributed by atoms with Gasteiger partial charge in [0.25, 0.3) is 5.91 Å². The van der Waals surface area contributed by atoms with Crippen LogP contribution >= 0.6 is 0 Å². The lowest BCUT2D eigenvalue weighted by Gasteiger charge is -2.38. The minimum Gasteiger partial charge on any atom is -0.336 e. The molecule has 1 aromatic heterocycles. The number of hydrogen-bond donors (Lipinski definition) is 1. The third-order valence-corrected chi connectivity index (χ3v) is 4.02. The number of aromatic nitrogens is 1. The first-order valence-corrected chi connectivity index (χ1v) is 7.31. The Hall–Kier alpha value is -1.46. The van der Waals surface area contributed by atoms with Gasteiger partial charge in [0.15, 0.2) is 0 Å². The molecular formula is C15H24N4O. The van der Waals surface area contributed by atoms with Gasteiger partial charge >= 0.3 is 0 Å². The molecule has 1 unspecified atom stereocenters. The van der Waals surface area contributed by atoms with E-state index in [1.165, 1.54) is 0 Å². The van der Waals surface area contributed by atoms with Crippen molar-refractivity contribution in [3.63, 3.8) is 0 Å². The largest absolute Gasteiger partial charge is 0.336 e. The Kier molecular flexibility index (Phi) is 5.09. The normalized spacial score (nSPS) is 18.1. The lowest BCUT2D eigenvalue weighted by Crippen LogP contribution is -2.53. The zero-order valence-corrected chi connectivity index (χ0v) is 12.4. The molecule has 1 fully saturated rings. The number of nitrogens with two attached hydrogens (primary N) is 1. The second-order valence-corrected chi connectivity index (χ2v) is 5.31. The molecule has 1 saturated heterocycles. The molecule has 2 N–H and O–H groups in total. The minimum absolute atomic E-state index is 0.0814. The summed E-state index contributed by atoms with van der Waals surface area (Å²) in [6.45, 7) is 8.11. The quantitative estimate of drug-likeness (QED) is 0.887. The van der Waals surface area contributed by atoms with Crippen molar-refractivity contribution in [1.82, 2.24) is 14.8 Å². The van der Waals surface area contributed by atoms with Gasteiger partial charge in [-0.25, -0.2) is 0 Å². The number of carbonyl (C=O) groups is 1. The Labute approximate surface area is 120 Å². The van der Waals surface area contributed by atoms with Crippen LogP contribution in [0.3, 0.4) is 0 Å². The van der Waals surface area contributed by atoms with Crippen LogP contribution in [0, 0.1) is 6.92 Å². The monoisotopic (exact) mass is 276 g/mol. The summed E-state index contributed by atoms with van der Waals surface area (Å²) in [5.41, 5.74) is 7.39. The van der Waals surface area contributed by atoms with Gasteiger partial charge in [0.1, 0.15) is 0 Å². The maximum absolute atomic E-state index is 12.4. The number of amides is 1. The molecule has 1 atom stereocenters. The second kappa shape index (κ2) is 6.81. The smallest absolute Gasteiger partial charge is 0.255 e. The van der Waals surface area contributed by atoms with E-state index in [2.05, 4.69) is 16.8 Å². The summed E-state index contributed by atoms with van der Waals surface area (Å²) in [6, 6.07) is 4.17. The van der Waals surface area contributed by atoms with E-state index in [0.717, 1.165) is 38.3 Å². The summed E-state index contributed by atoms with van der Waals surface area (Å²) < 4.78 is 0. The van der Waals surface area contributed by atoms with E-state index >= 15 is 0 Å². The van der Waals surface area contributed by atoms with Gasteiger partial charge < -0.3 is 10.6 Å². The molecule has 0 saturated carbocycles. The highest BCUT2D eigenvalue weighted by molar-refractivity contribution is 5.94. The van der Waals surface area contributed by atoms with E-state index in [0.29, 0.717) is 18.2 Å². The van der Waals surface area contributed by atoms with E-state index in [9.17, 15) is 4.79 Å². The number of nitrogens with zero attached hydrogens (tertiary/aromatic N) is 3. The van der Waals surface area contributed by atoms with Crippen molar-refractivity contribution in [3.8, 4) is 0 Å². The van der Waals surface area contributed by atoms with E-state index in [1.807, 2.05) is 24.0 Å². The average molecular weight is 276 g/mol. The zero-order valence-electron chi connectivity index (χ0n) is 12.4. The molecule has 0 aliphatic carbocycles. The van der Waals surface area contributed by atoms with Gasteiger partial charge in [-0.1, -0.05) is 6.92 Å². The molecule has 5 heteroatoms. The summed E-state index contributed by atoms with van der Waals surface area (Å²) in [5.74, 6) is 0.0814. The molecule has 1 aliphatic rings. The Morgan fingerprint density at radius 2 is 2.05 bits per heavy atom. The maximum atomic E-state index is 12.4. The fourth-order valence-corrected chi connectivity index (χ4v) is 2.64. The first-order chi connectivity index (χ1) is 9.65. The molecule has 0 aromatic carbocycles. The van der Waals surface area contributed by atoms with Gasteiger partial charge in [0.2, 0.25) is 0 Å². The Morgan fingerprint density at radius 1 is 1.35 bits per heavy atom. The predicted molar refractivity (Wildman–Crippen MR) is 79.6 cm³/mol. The molecule has 110 valence electrons. The van der Waals surface area contributed by atoms with Crippen molar-refractivity contribution in [1.29, 1.82) is 0 Å². The van der Waals surface area contributed by atoms with Crippen molar-refractivity contribution in [2.24, 2.45) is 5.73 Å². The van der Waals surface area contributed by atoms with Gasteiger partial charge in [0, 0.05) is 50.7 Å². The first-order valence-electron chi connectivity index (χ1n) is 7.31. The van der Waals surface area contributed by atoms with Crippen LogP contribution < -0.4 is 5.73 Å². The van der Waals surface area contributed by atoms with Crippen LogP contribution in [0.15, 0.2) is 18.3 Å². The van der Waals surface area contributed by atoms with Crippen LogP contribution in [0.4, 0.5) is 0 Å². The number of piperazine rings is 1. The van der Waals surface area contributed by atoms with Crippen LogP contribution in [-0.4, -0.2) is 59.5 Å². The molecule has 2 rings (SSSR count). The predicted octanol–water partition coefficient (Wildman–Crippen LogP) is 0.885. The van der Waals surface area contributed by atoms with Crippen molar-refractivity contribution < 1.29 is 4.79 Å². The zero-order chi connectivity index (χ0) is 14.5. The molecule has 0 bridgehead atoms. The molecular weight excluding hydrogens is 252 g/mol. The Bertz CT molecular complexity index is 434. The molecule has 20 heavy (non-hydrogen) atoms. The number of carbonyl (C=O) groups excluding carboxylic acids is 1.